The fourth-order valence-corrected chi connectivity index (χ4v) is 9.52. The minimum absolute atomic E-state index is 0.0800. The van der Waals surface area contributed by atoms with Crippen LogP contribution in [0.1, 0.15) is 112 Å². The molecule has 7 rings (SSSR count). The van der Waals surface area contributed by atoms with E-state index in [9.17, 15) is 20.4 Å². The number of fused-ring (bicyclic) bond motifs is 5. The number of hydrogen-bond acceptors (Lipinski definition) is 7. The third-order valence-electron chi connectivity index (χ3n) is 12.1. The molecule has 1 saturated carbocycles. The van der Waals surface area contributed by atoms with E-state index >= 15 is 0 Å². The number of hydrogen-bond donors (Lipinski definition) is 4. The van der Waals surface area contributed by atoms with Gasteiger partial charge in [0.05, 0.1) is 19.3 Å². The summed E-state index contributed by atoms with van der Waals surface area (Å²) in [7, 11) is 1.71. The number of methoxy groups -OCH3 is 1. The molecule has 1 aliphatic heterocycles. The van der Waals surface area contributed by atoms with E-state index in [4.69, 9.17) is 14.2 Å². The van der Waals surface area contributed by atoms with Crippen molar-refractivity contribution in [3.8, 4) is 39.9 Å². The number of allylic oxidation sites excluding steroid dienone is 2. The number of benzene rings is 3. The Morgan fingerprint density at radius 1 is 0.941 bits per heavy atom. The molecule has 1 fully saturated rings. The van der Waals surface area contributed by atoms with Crippen LogP contribution in [0.3, 0.4) is 0 Å². The Bertz CT molecular complexity index is 1740. The van der Waals surface area contributed by atoms with Crippen molar-refractivity contribution in [2.24, 2.45) is 23.7 Å². The molecule has 1 heterocycles. The number of phenols is 2. The Kier molecular flexibility index (Phi) is 10.6. The summed E-state index contributed by atoms with van der Waals surface area (Å²) in [6, 6.07) is 11.4. The maximum absolute atomic E-state index is 11.9. The van der Waals surface area contributed by atoms with Gasteiger partial charge >= 0.3 is 0 Å². The van der Waals surface area contributed by atoms with Gasteiger partial charge in [-0.1, -0.05) is 51.8 Å². The molecule has 0 saturated heterocycles. The van der Waals surface area contributed by atoms with E-state index in [0.29, 0.717) is 41.4 Å². The lowest BCUT2D eigenvalue weighted by molar-refractivity contribution is 0.0198. The SMILES string of the molecule is CC[C@@H]1C[C@H]([C@H]2Cc3cc(O)c(CC(C)C)cc3-c3c(OC)cc4c(c32)C[C@@H](O)[C@H](c2ccc(O)c(OC3CCCCC3)c2)O4)C=C[C@H]1CCO. The Balaban J connectivity index is 1.32. The second kappa shape index (κ2) is 15.1. The van der Waals surface area contributed by atoms with Gasteiger partial charge in [-0.3, -0.25) is 0 Å². The van der Waals surface area contributed by atoms with Crippen LogP contribution in [0.25, 0.3) is 11.1 Å². The van der Waals surface area contributed by atoms with Crippen molar-refractivity contribution >= 4 is 0 Å². The molecule has 0 bridgehead atoms. The fraction of sp³-hybridized carbons (Fsp3) is 0.545. The number of rotatable bonds is 10. The first-order chi connectivity index (χ1) is 24.7. The van der Waals surface area contributed by atoms with E-state index in [1.54, 1.807) is 13.2 Å². The van der Waals surface area contributed by atoms with E-state index in [2.05, 4.69) is 39.0 Å². The van der Waals surface area contributed by atoms with E-state index < -0.39 is 12.2 Å². The summed E-state index contributed by atoms with van der Waals surface area (Å²) in [5.41, 5.74) is 7.11. The maximum atomic E-state index is 11.9. The lowest BCUT2D eigenvalue weighted by Gasteiger charge is -2.42. The molecule has 3 aromatic rings. The molecular formula is C44H56O7. The molecule has 0 spiro atoms. The van der Waals surface area contributed by atoms with E-state index in [-0.39, 0.29) is 30.3 Å². The van der Waals surface area contributed by atoms with E-state index in [0.717, 1.165) is 96.9 Å². The molecular weight excluding hydrogens is 640 g/mol. The third kappa shape index (κ3) is 7.09. The molecule has 6 atom stereocenters. The van der Waals surface area contributed by atoms with Crippen LogP contribution in [0.15, 0.2) is 48.6 Å². The minimum Gasteiger partial charge on any atom is -0.508 e. The van der Waals surface area contributed by atoms with Gasteiger partial charge < -0.3 is 34.6 Å². The lowest BCUT2D eigenvalue weighted by atomic mass is 9.65. The van der Waals surface area contributed by atoms with Crippen LogP contribution >= 0.6 is 0 Å². The zero-order valence-electron chi connectivity index (χ0n) is 30.7. The molecule has 0 unspecified atom stereocenters. The smallest absolute Gasteiger partial charge is 0.161 e. The van der Waals surface area contributed by atoms with Gasteiger partial charge in [-0.25, -0.2) is 0 Å². The summed E-state index contributed by atoms with van der Waals surface area (Å²) < 4.78 is 19.3. The Labute approximate surface area is 303 Å². The van der Waals surface area contributed by atoms with Crippen molar-refractivity contribution in [3.05, 3.63) is 76.4 Å². The Hall–Kier alpha value is -3.68. The van der Waals surface area contributed by atoms with Crippen LogP contribution in [-0.4, -0.2) is 46.4 Å². The number of phenolic OH excluding ortho intramolecular Hbond substituents is 2. The average molecular weight is 697 g/mol. The highest BCUT2D eigenvalue weighted by molar-refractivity contribution is 5.83. The zero-order valence-corrected chi connectivity index (χ0v) is 30.7. The van der Waals surface area contributed by atoms with Crippen LogP contribution in [0.4, 0.5) is 0 Å². The standard InChI is InChI=1S/C44H56O7/c1-5-26-18-28(12-11-27(26)15-16-45)33-19-30-21-37(47)31(17-25(2)3)20-34(30)43-41(49-4)24-39-35(42(33)43)23-38(48)44(51-39)29-13-14-36(46)40(22-29)50-32-9-7-6-8-10-32/h11-14,20-22,24-28,32-33,38,44-48H,5-10,15-19,23H2,1-4H3/t26-,27+,28-,33-,38-,44+/m1/s1. The molecule has 4 aliphatic rings. The number of aliphatic hydroxyl groups is 2. The van der Waals surface area contributed by atoms with Crippen LogP contribution in [-0.2, 0) is 19.3 Å². The van der Waals surface area contributed by atoms with Crippen molar-refractivity contribution in [3.63, 3.8) is 0 Å². The molecule has 7 heteroatoms. The molecule has 0 aromatic heterocycles. The predicted molar refractivity (Wildman–Crippen MR) is 200 cm³/mol. The van der Waals surface area contributed by atoms with Gasteiger partial charge in [0.1, 0.15) is 23.4 Å². The first-order valence-corrected chi connectivity index (χ1v) is 19.4. The predicted octanol–water partition coefficient (Wildman–Crippen LogP) is 8.96. The molecule has 3 aliphatic carbocycles. The highest BCUT2D eigenvalue weighted by Gasteiger charge is 2.41. The Morgan fingerprint density at radius 3 is 2.47 bits per heavy atom. The van der Waals surface area contributed by atoms with Gasteiger partial charge in [-0.05, 0) is 133 Å². The normalized spacial score (nSPS) is 25.9. The first kappa shape index (κ1) is 35.7. The maximum Gasteiger partial charge on any atom is 0.161 e. The van der Waals surface area contributed by atoms with Crippen molar-refractivity contribution in [2.45, 2.75) is 116 Å². The van der Waals surface area contributed by atoms with Crippen molar-refractivity contribution in [1.82, 2.24) is 0 Å². The van der Waals surface area contributed by atoms with Gasteiger partial charge in [0.15, 0.2) is 11.5 Å². The lowest BCUT2D eigenvalue weighted by Crippen LogP contribution is -2.33. The van der Waals surface area contributed by atoms with E-state index in [1.807, 2.05) is 24.3 Å². The zero-order chi connectivity index (χ0) is 35.8. The molecule has 274 valence electrons. The summed E-state index contributed by atoms with van der Waals surface area (Å²) >= 11 is 0. The summed E-state index contributed by atoms with van der Waals surface area (Å²) in [4.78, 5) is 0. The van der Waals surface area contributed by atoms with Crippen molar-refractivity contribution in [2.75, 3.05) is 13.7 Å². The van der Waals surface area contributed by atoms with Crippen LogP contribution in [0, 0.1) is 23.7 Å². The Morgan fingerprint density at radius 2 is 1.75 bits per heavy atom. The topological polar surface area (TPSA) is 109 Å². The molecule has 0 radical (unpaired) electrons. The minimum atomic E-state index is -0.820. The summed E-state index contributed by atoms with van der Waals surface area (Å²) in [6.07, 6.45) is 13.5. The molecule has 0 amide bonds. The largest absolute Gasteiger partial charge is 0.508 e. The number of ether oxygens (including phenoxy) is 3. The van der Waals surface area contributed by atoms with Crippen LogP contribution < -0.4 is 14.2 Å². The van der Waals surface area contributed by atoms with Crippen LogP contribution in [0.2, 0.25) is 0 Å². The second-order valence-corrected chi connectivity index (χ2v) is 15.9. The van der Waals surface area contributed by atoms with E-state index in [1.165, 1.54) is 12.0 Å². The van der Waals surface area contributed by atoms with Gasteiger partial charge in [-0.15, -0.1) is 0 Å². The average Bonchev–Trinajstić information content (AvgIpc) is 3.12. The highest BCUT2D eigenvalue weighted by Crippen LogP contribution is 2.56. The van der Waals surface area contributed by atoms with Gasteiger partial charge in [0.25, 0.3) is 0 Å². The monoisotopic (exact) mass is 696 g/mol. The van der Waals surface area contributed by atoms with Gasteiger partial charge in [-0.2, -0.15) is 0 Å². The van der Waals surface area contributed by atoms with Crippen molar-refractivity contribution in [1.29, 1.82) is 0 Å². The van der Waals surface area contributed by atoms with Gasteiger partial charge in [0.2, 0.25) is 0 Å². The van der Waals surface area contributed by atoms with Crippen molar-refractivity contribution < 1.29 is 34.6 Å². The highest BCUT2D eigenvalue weighted by atomic mass is 16.5. The molecule has 4 N–H and O–H groups in total. The van der Waals surface area contributed by atoms with Gasteiger partial charge in [0, 0.05) is 30.2 Å². The second-order valence-electron chi connectivity index (χ2n) is 15.9. The number of aromatic hydroxyl groups is 2. The summed E-state index contributed by atoms with van der Waals surface area (Å²) in [5.74, 6) is 3.85. The molecule has 3 aromatic carbocycles. The third-order valence-corrected chi connectivity index (χ3v) is 12.1. The molecule has 51 heavy (non-hydrogen) atoms. The molecule has 7 nitrogen and oxygen atoms in total. The summed E-state index contributed by atoms with van der Waals surface area (Å²) in [6.45, 7) is 6.76. The summed E-state index contributed by atoms with van der Waals surface area (Å²) in [5, 5.41) is 43.6. The number of aliphatic hydroxyl groups excluding tert-OH is 2. The fourth-order valence-electron chi connectivity index (χ4n) is 9.52. The quantitative estimate of drug-likeness (QED) is 0.157. The first-order valence-electron chi connectivity index (χ1n) is 19.4. The van der Waals surface area contributed by atoms with Crippen LogP contribution in [0.5, 0.6) is 28.7 Å².